The van der Waals surface area contributed by atoms with E-state index < -0.39 is 0 Å². The van der Waals surface area contributed by atoms with Crippen molar-refractivity contribution < 1.29 is 0 Å². The highest BCUT2D eigenvalue weighted by Gasteiger charge is 2.18. The van der Waals surface area contributed by atoms with Crippen LogP contribution in [0.5, 0.6) is 0 Å². The van der Waals surface area contributed by atoms with Gasteiger partial charge < -0.3 is 15.5 Å². The van der Waals surface area contributed by atoms with Crippen LogP contribution in [0.1, 0.15) is 12.6 Å². The van der Waals surface area contributed by atoms with E-state index in [1.807, 2.05) is 18.2 Å². The van der Waals surface area contributed by atoms with Crippen LogP contribution in [-0.4, -0.2) is 36.1 Å². The lowest BCUT2D eigenvalue weighted by Crippen LogP contribution is -2.46. The Morgan fingerprint density at radius 2 is 1.81 bits per heavy atom. The summed E-state index contributed by atoms with van der Waals surface area (Å²) in [6.07, 6.45) is 2.61. The summed E-state index contributed by atoms with van der Waals surface area (Å²) in [7, 11) is 0. The molecule has 0 atom stereocenters. The zero-order valence-corrected chi connectivity index (χ0v) is 12.4. The number of benzene rings is 1. The van der Waals surface area contributed by atoms with Gasteiger partial charge in [-0.3, -0.25) is 0 Å². The van der Waals surface area contributed by atoms with E-state index in [-0.39, 0.29) is 0 Å². The maximum absolute atomic E-state index is 5.86. The van der Waals surface area contributed by atoms with E-state index in [4.69, 9.17) is 5.73 Å². The molecule has 1 aliphatic heterocycles. The van der Waals surface area contributed by atoms with Crippen LogP contribution >= 0.6 is 0 Å². The van der Waals surface area contributed by atoms with Crippen LogP contribution in [-0.2, 0) is 6.42 Å². The van der Waals surface area contributed by atoms with Gasteiger partial charge in [-0.05, 0) is 24.6 Å². The summed E-state index contributed by atoms with van der Waals surface area (Å²) in [6, 6.07) is 10.2. The third-order valence-corrected chi connectivity index (χ3v) is 3.91. The van der Waals surface area contributed by atoms with Gasteiger partial charge >= 0.3 is 0 Å². The lowest BCUT2D eigenvalue weighted by molar-refractivity contribution is 0.646. The Balaban J connectivity index is 1.67. The molecule has 21 heavy (non-hydrogen) atoms. The van der Waals surface area contributed by atoms with Crippen molar-refractivity contribution in [3.63, 3.8) is 0 Å². The number of hydrogen-bond acceptors (Lipinski definition) is 5. The Kier molecular flexibility index (Phi) is 3.90. The minimum Gasteiger partial charge on any atom is -0.399 e. The topological polar surface area (TPSA) is 58.3 Å². The van der Waals surface area contributed by atoms with Gasteiger partial charge in [-0.2, -0.15) is 0 Å². The van der Waals surface area contributed by atoms with Gasteiger partial charge in [0.15, 0.2) is 0 Å². The van der Waals surface area contributed by atoms with E-state index in [0.29, 0.717) is 0 Å². The number of anilines is 3. The van der Waals surface area contributed by atoms with Crippen LogP contribution in [0.4, 0.5) is 17.2 Å². The summed E-state index contributed by atoms with van der Waals surface area (Å²) < 4.78 is 0. The van der Waals surface area contributed by atoms with Crippen molar-refractivity contribution in [3.8, 4) is 0 Å². The molecular weight excluding hydrogens is 262 g/mol. The van der Waals surface area contributed by atoms with Crippen LogP contribution < -0.4 is 15.5 Å². The van der Waals surface area contributed by atoms with Crippen LogP contribution in [0.15, 0.2) is 36.7 Å². The second-order valence-corrected chi connectivity index (χ2v) is 5.29. The predicted molar refractivity (Wildman–Crippen MR) is 86.7 cm³/mol. The number of aryl methyl sites for hydroxylation is 1. The number of hydrogen-bond donors (Lipinski definition) is 1. The summed E-state index contributed by atoms with van der Waals surface area (Å²) in [4.78, 5) is 13.4. The zero-order chi connectivity index (χ0) is 14.7. The molecule has 5 nitrogen and oxygen atoms in total. The standard InChI is InChI=1S/C16H21N5/c1-2-14-11-16(19-12-18-14)21-8-6-20(7-9-21)15-5-3-4-13(17)10-15/h3-5,10-12H,2,6-9,17H2,1H3. The summed E-state index contributed by atoms with van der Waals surface area (Å²) in [5, 5.41) is 0. The van der Waals surface area contributed by atoms with E-state index in [1.165, 1.54) is 5.69 Å². The normalized spacial score (nSPS) is 15.3. The third kappa shape index (κ3) is 3.07. The third-order valence-electron chi connectivity index (χ3n) is 3.91. The minimum atomic E-state index is 0.818. The Labute approximate surface area is 125 Å². The maximum atomic E-state index is 5.86. The van der Waals surface area contributed by atoms with Gasteiger partial charge in [0.2, 0.25) is 0 Å². The van der Waals surface area contributed by atoms with Crippen molar-refractivity contribution >= 4 is 17.2 Å². The highest BCUT2D eigenvalue weighted by molar-refractivity contribution is 5.57. The van der Waals surface area contributed by atoms with Crippen molar-refractivity contribution in [1.82, 2.24) is 9.97 Å². The second-order valence-electron chi connectivity index (χ2n) is 5.29. The molecule has 5 heteroatoms. The van der Waals surface area contributed by atoms with E-state index in [2.05, 4.69) is 38.8 Å². The quantitative estimate of drug-likeness (QED) is 0.873. The van der Waals surface area contributed by atoms with Crippen molar-refractivity contribution in [2.75, 3.05) is 41.7 Å². The van der Waals surface area contributed by atoms with Crippen molar-refractivity contribution in [1.29, 1.82) is 0 Å². The van der Waals surface area contributed by atoms with Gasteiger partial charge in [0.05, 0.1) is 0 Å². The molecule has 0 aliphatic carbocycles. The zero-order valence-electron chi connectivity index (χ0n) is 12.4. The molecule has 1 aliphatic rings. The Bertz CT molecular complexity index is 605. The first-order valence-corrected chi connectivity index (χ1v) is 7.42. The number of nitrogen functional groups attached to an aromatic ring is 1. The highest BCUT2D eigenvalue weighted by Crippen LogP contribution is 2.21. The number of piperazine rings is 1. The molecule has 110 valence electrons. The SMILES string of the molecule is CCc1cc(N2CCN(c3cccc(N)c3)CC2)ncn1. The molecule has 2 heterocycles. The second kappa shape index (κ2) is 5.99. The first-order valence-electron chi connectivity index (χ1n) is 7.42. The molecule has 1 aromatic carbocycles. The molecule has 1 aromatic heterocycles. The molecule has 0 saturated carbocycles. The molecule has 2 aromatic rings. The van der Waals surface area contributed by atoms with E-state index in [0.717, 1.165) is 49.8 Å². The molecule has 0 radical (unpaired) electrons. The molecule has 1 fully saturated rings. The first-order chi connectivity index (χ1) is 10.3. The van der Waals surface area contributed by atoms with Crippen LogP contribution in [0.3, 0.4) is 0 Å². The molecule has 0 amide bonds. The monoisotopic (exact) mass is 283 g/mol. The van der Waals surface area contributed by atoms with Gasteiger partial charge in [-0.15, -0.1) is 0 Å². The van der Waals surface area contributed by atoms with Gasteiger partial charge in [-0.25, -0.2) is 9.97 Å². The van der Waals surface area contributed by atoms with E-state index >= 15 is 0 Å². The summed E-state index contributed by atoms with van der Waals surface area (Å²) in [5.74, 6) is 1.04. The average molecular weight is 283 g/mol. The van der Waals surface area contributed by atoms with Gasteiger partial charge in [-0.1, -0.05) is 13.0 Å². The van der Waals surface area contributed by atoms with E-state index in [9.17, 15) is 0 Å². The van der Waals surface area contributed by atoms with Crippen LogP contribution in [0.2, 0.25) is 0 Å². The Hall–Kier alpha value is -2.30. The van der Waals surface area contributed by atoms with Gasteiger partial charge in [0.1, 0.15) is 12.1 Å². The first kappa shape index (κ1) is 13.7. The maximum Gasteiger partial charge on any atom is 0.132 e. The smallest absolute Gasteiger partial charge is 0.132 e. The molecule has 0 spiro atoms. The van der Waals surface area contributed by atoms with Crippen LogP contribution in [0, 0.1) is 0 Å². The number of aromatic nitrogens is 2. The lowest BCUT2D eigenvalue weighted by atomic mass is 10.2. The minimum absolute atomic E-state index is 0.818. The Morgan fingerprint density at radius 3 is 2.52 bits per heavy atom. The lowest BCUT2D eigenvalue weighted by Gasteiger charge is -2.36. The highest BCUT2D eigenvalue weighted by atomic mass is 15.3. The fourth-order valence-corrected chi connectivity index (χ4v) is 2.67. The molecule has 3 rings (SSSR count). The van der Waals surface area contributed by atoms with Crippen molar-refractivity contribution in [2.24, 2.45) is 0 Å². The molecule has 1 saturated heterocycles. The number of rotatable bonds is 3. The van der Waals surface area contributed by atoms with Crippen molar-refractivity contribution in [3.05, 3.63) is 42.4 Å². The fraction of sp³-hybridized carbons (Fsp3) is 0.375. The predicted octanol–water partition coefficient (Wildman–Crippen LogP) is 1.95. The van der Waals surface area contributed by atoms with Gasteiger partial charge in [0.25, 0.3) is 0 Å². The summed E-state index contributed by atoms with van der Waals surface area (Å²) in [5.41, 5.74) is 8.98. The largest absolute Gasteiger partial charge is 0.399 e. The Morgan fingerprint density at radius 1 is 1.05 bits per heavy atom. The molecule has 0 unspecified atom stereocenters. The summed E-state index contributed by atoms with van der Waals surface area (Å²) >= 11 is 0. The summed E-state index contributed by atoms with van der Waals surface area (Å²) in [6.45, 7) is 6.01. The number of nitrogens with zero attached hydrogens (tertiary/aromatic N) is 4. The molecule has 2 N–H and O–H groups in total. The van der Waals surface area contributed by atoms with E-state index in [1.54, 1.807) is 6.33 Å². The number of nitrogens with two attached hydrogens (primary N) is 1. The van der Waals surface area contributed by atoms with Crippen LogP contribution in [0.25, 0.3) is 0 Å². The fourth-order valence-electron chi connectivity index (χ4n) is 2.67. The van der Waals surface area contributed by atoms with Crippen molar-refractivity contribution in [2.45, 2.75) is 13.3 Å². The van der Waals surface area contributed by atoms with Gasteiger partial charge in [0, 0.05) is 49.3 Å². The molecule has 0 bridgehead atoms. The molecular formula is C16H21N5. The average Bonchev–Trinajstić information content (AvgIpc) is 2.55.